The van der Waals surface area contributed by atoms with Crippen molar-refractivity contribution < 1.29 is 5.11 Å². The van der Waals surface area contributed by atoms with E-state index in [9.17, 15) is 5.11 Å². The van der Waals surface area contributed by atoms with Gasteiger partial charge in [0, 0.05) is 17.1 Å². The Bertz CT molecular complexity index is 310. The van der Waals surface area contributed by atoms with Gasteiger partial charge in [-0.15, -0.1) is 0 Å². The van der Waals surface area contributed by atoms with E-state index >= 15 is 0 Å². The summed E-state index contributed by atoms with van der Waals surface area (Å²) < 4.78 is 0.973. The Labute approximate surface area is 86.1 Å². The van der Waals surface area contributed by atoms with Crippen LogP contribution in [0.15, 0.2) is 22.7 Å². The van der Waals surface area contributed by atoms with Crippen LogP contribution in [0.5, 0.6) is 5.75 Å². The van der Waals surface area contributed by atoms with E-state index in [4.69, 9.17) is 0 Å². The van der Waals surface area contributed by atoms with E-state index in [0.29, 0.717) is 5.75 Å². The summed E-state index contributed by atoms with van der Waals surface area (Å²) in [5.41, 5.74) is 1.20. The van der Waals surface area contributed by atoms with Crippen molar-refractivity contribution in [2.45, 2.75) is 25.4 Å². The zero-order valence-electron chi connectivity index (χ0n) is 7.26. The molecular formula is C10H12BrNO. The highest BCUT2D eigenvalue weighted by Crippen LogP contribution is 2.24. The smallest absolute Gasteiger partial charge is 0.116 e. The molecule has 1 aromatic carbocycles. The normalized spacial score (nSPS) is 16.1. The molecule has 1 aromatic rings. The molecule has 2 nitrogen and oxygen atoms in total. The van der Waals surface area contributed by atoms with Crippen molar-refractivity contribution in [1.82, 2.24) is 5.32 Å². The van der Waals surface area contributed by atoms with Crippen LogP contribution in [0.25, 0.3) is 0 Å². The van der Waals surface area contributed by atoms with Gasteiger partial charge in [0.25, 0.3) is 0 Å². The number of hydrogen-bond donors (Lipinski definition) is 2. The van der Waals surface area contributed by atoms with Gasteiger partial charge in [-0.1, -0.05) is 22.0 Å². The summed E-state index contributed by atoms with van der Waals surface area (Å²) in [5, 5.41) is 12.6. The molecule has 70 valence electrons. The second kappa shape index (κ2) is 3.68. The largest absolute Gasteiger partial charge is 0.508 e. The molecule has 0 heterocycles. The van der Waals surface area contributed by atoms with Crippen molar-refractivity contribution in [2.75, 3.05) is 0 Å². The molecule has 0 saturated heterocycles. The Morgan fingerprint density at radius 3 is 2.85 bits per heavy atom. The summed E-state index contributed by atoms with van der Waals surface area (Å²) in [7, 11) is 0. The first-order valence-corrected chi connectivity index (χ1v) is 5.26. The average Bonchev–Trinajstić information content (AvgIpc) is 2.86. The number of nitrogens with one attached hydrogen (secondary N) is 1. The highest BCUT2D eigenvalue weighted by Gasteiger charge is 2.20. The maximum absolute atomic E-state index is 9.18. The minimum Gasteiger partial charge on any atom is -0.508 e. The molecule has 2 rings (SSSR count). The summed E-state index contributed by atoms with van der Waals surface area (Å²) in [5.74, 6) is 0.307. The topological polar surface area (TPSA) is 32.3 Å². The van der Waals surface area contributed by atoms with Gasteiger partial charge < -0.3 is 10.4 Å². The Kier molecular flexibility index (Phi) is 2.56. The number of phenolic OH excluding ortho intramolecular Hbond substituents is 1. The second-order valence-electron chi connectivity index (χ2n) is 3.43. The Hall–Kier alpha value is -0.540. The van der Waals surface area contributed by atoms with Crippen molar-refractivity contribution in [3.05, 3.63) is 28.2 Å². The van der Waals surface area contributed by atoms with Crippen molar-refractivity contribution in [3.63, 3.8) is 0 Å². The first kappa shape index (κ1) is 9.03. The Morgan fingerprint density at radius 1 is 1.46 bits per heavy atom. The Balaban J connectivity index is 2.01. The summed E-state index contributed by atoms with van der Waals surface area (Å²) in [6.07, 6.45) is 2.60. The third kappa shape index (κ3) is 2.45. The molecule has 0 spiro atoms. The number of rotatable bonds is 3. The minimum absolute atomic E-state index is 0.307. The van der Waals surface area contributed by atoms with Gasteiger partial charge in [-0.3, -0.25) is 0 Å². The predicted molar refractivity (Wildman–Crippen MR) is 55.7 cm³/mol. The van der Waals surface area contributed by atoms with Gasteiger partial charge >= 0.3 is 0 Å². The minimum atomic E-state index is 0.307. The van der Waals surface area contributed by atoms with Crippen LogP contribution in [0.1, 0.15) is 18.4 Å². The predicted octanol–water partition coefficient (Wildman–Crippen LogP) is 2.41. The molecule has 0 bridgehead atoms. The standard InChI is InChI=1S/C10H12BrNO/c11-10-5-9(13)4-1-7(10)6-12-8-2-3-8/h1,4-5,8,12-13H,2-3,6H2. The van der Waals surface area contributed by atoms with E-state index < -0.39 is 0 Å². The lowest BCUT2D eigenvalue weighted by atomic mass is 10.2. The zero-order chi connectivity index (χ0) is 9.26. The van der Waals surface area contributed by atoms with E-state index in [1.807, 2.05) is 6.07 Å². The lowest BCUT2D eigenvalue weighted by Gasteiger charge is -2.05. The maximum Gasteiger partial charge on any atom is 0.116 e. The third-order valence-electron chi connectivity index (χ3n) is 2.20. The van der Waals surface area contributed by atoms with Crippen LogP contribution < -0.4 is 5.32 Å². The van der Waals surface area contributed by atoms with Crippen LogP contribution in [-0.4, -0.2) is 11.1 Å². The maximum atomic E-state index is 9.18. The van der Waals surface area contributed by atoms with Gasteiger partial charge in [0.1, 0.15) is 5.75 Å². The van der Waals surface area contributed by atoms with Crippen LogP contribution in [0, 0.1) is 0 Å². The first-order chi connectivity index (χ1) is 6.25. The second-order valence-corrected chi connectivity index (χ2v) is 4.29. The van der Waals surface area contributed by atoms with Gasteiger partial charge in [-0.2, -0.15) is 0 Å². The van der Waals surface area contributed by atoms with Crippen LogP contribution in [-0.2, 0) is 6.54 Å². The highest BCUT2D eigenvalue weighted by atomic mass is 79.9. The fourth-order valence-corrected chi connectivity index (χ4v) is 1.73. The van der Waals surface area contributed by atoms with Crippen molar-refractivity contribution in [3.8, 4) is 5.75 Å². The summed E-state index contributed by atoms with van der Waals surface area (Å²) in [6.45, 7) is 0.880. The molecule has 0 amide bonds. The molecule has 1 saturated carbocycles. The zero-order valence-corrected chi connectivity index (χ0v) is 8.84. The molecule has 1 aliphatic carbocycles. The van der Waals surface area contributed by atoms with E-state index in [0.717, 1.165) is 17.1 Å². The molecule has 1 fully saturated rings. The summed E-state index contributed by atoms with van der Waals surface area (Å²) >= 11 is 3.42. The highest BCUT2D eigenvalue weighted by molar-refractivity contribution is 9.10. The third-order valence-corrected chi connectivity index (χ3v) is 2.93. The van der Waals surface area contributed by atoms with E-state index in [-0.39, 0.29) is 0 Å². The van der Waals surface area contributed by atoms with Crippen LogP contribution in [0.4, 0.5) is 0 Å². The molecule has 0 unspecified atom stereocenters. The molecule has 2 N–H and O–H groups in total. The molecule has 3 heteroatoms. The molecule has 0 aromatic heterocycles. The quantitative estimate of drug-likeness (QED) is 0.853. The number of hydrogen-bond acceptors (Lipinski definition) is 2. The summed E-state index contributed by atoms with van der Waals surface area (Å²) in [6, 6.07) is 6.11. The van der Waals surface area contributed by atoms with Crippen LogP contribution in [0.3, 0.4) is 0 Å². The molecule has 0 atom stereocenters. The van der Waals surface area contributed by atoms with Gasteiger partial charge in [-0.05, 0) is 30.5 Å². The first-order valence-electron chi connectivity index (χ1n) is 4.46. The summed E-state index contributed by atoms with van der Waals surface area (Å²) in [4.78, 5) is 0. The number of aromatic hydroxyl groups is 1. The van der Waals surface area contributed by atoms with E-state index in [2.05, 4.69) is 21.2 Å². The molecular weight excluding hydrogens is 230 g/mol. The van der Waals surface area contributed by atoms with Crippen LogP contribution in [0.2, 0.25) is 0 Å². The van der Waals surface area contributed by atoms with Crippen molar-refractivity contribution >= 4 is 15.9 Å². The van der Waals surface area contributed by atoms with E-state index in [1.165, 1.54) is 18.4 Å². The van der Waals surface area contributed by atoms with Gasteiger partial charge in [0.2, 0.25) is 0 Å². The SMILES string of the molecule is Oc1ccc(CNC2CC2)c(Br)c1. The fourth-order valence-electron chi connectivity index (χ4n) is 1.22. The van der Waals surface area contributed by atoms with E-state index in [1.54, 1.807) is 12.1 Å². The Morgan fingerprint density at radius 2 is 2.23 bits per heavy atom. The van der Waals surface area contributed by atoms with Crippen LogP contribution >= 0.6 is 15.9 Å². The number of benzene rings is 1. The van der Waals surface area contributed by atoms with Gasteiger partial charge in [-0.25, -0.2) is 0 Å². The lowest BCUT2D eigenvalue weighted by molar-refractivity contribution is 0.474. The van der Waals surface area contributed by atoms with Gasteiger partial charge in [0.05, 0.1) is 0 Å². The molecule has 0 radical (unpaired) electrons. The van der Waals surface area contributed by atoms with Crippen molar-refractivity contribution in [1.29, 1.82) is 0 Å². The molecule has 0 aliphatic heterocycles. The fraction of sp³-hybridized carbons (Fsp3) is 0.400. The molecule has 13 heavy (non-hydrogen) atoms. The number of halogens is 1. The molecule has 1 aliphatic rings. The lowest BCUT2D eigenvalue weighted by Crippen LogP contribution is -2.15. The average molecular weight is 242 g/mol. The number of phenols is 1. The van der Waals surface area contributed by atoms with Crippen molar-refractivity contribution in [2.24, 2.45) is 0 Å². The monoisotopic (exact) mass is 241 g/mol. The van der Waals surface area contributed by atoms with Gasteiger partial charge in [0.15, 0.2) is 0 Å².